The summed E-state index contributed by atoms with van der Waals surface area (Å²) in [6, 6.07) is 10.5. The van der Waals surface area contributed by atoms with Gasteiger partial charge in [0.15, 0.2) is 11.5 Å². The lowest BCUT2D eigenvalue weighted by atomic mass is 10.1. The fraction of sp³-hybridized carbons (Fsp3) is 0.235. The van der Waals surface area contributed by atoms with Crippen LogP contribution in [0.25, 0.3) is 0 Å². The van der Waals surface area contributed by atoms with Crippen molar-refractivity contribution in [3.63, 3.8) is 0 Å². The highest BCUT2D eigenvalue weighted by atomic mass is 35.5. The van der Waals surface area contributed by atoms with Gasteiger partial charge in [0.05, 0.1) is 14.2 Å². The molecule has 1 N–H and O–H groups in total. The smallest absolute Gasteiger partial charge is 0.224 e. The molecule has 6 heteroatoms. The number of ether oxygens (including phenoxy) is 2. The summed E-state index contributed by atoms with van der Waals surface area (Å²) in [6.45, 7) is 0. The van der Waals surface area contributed by atoms with Gasteiger partial charge >= 0.3 is 0 Å². The monoisotopic (exact) mass is 353 g/mol. The first kappa shape index (κ1) is 17.4. The van der Waals surface area contributed by atoms with Crippen LogP contribution in [0.2, 0.25) is 10.0 Å². The Morgan fingerprint density at radius 3 is 2.43 bits per heavy atom. The lowest BCUT2D eigenvalue weighted by Gasteiger charge is -2.11. The maximum absolute atomic E-state index is 12.1. The molecule has 4 nitrogen and oxygen atoms in total. The topological polar surface area (TPSA) is 47.6 Å². The summed E-state index contributed by atoms with van der Waals surface area (Å²) in [4.78, 5) is 12.1. The van der Waals surface area contributed by atoms with Crippen molar-refractivity contribution in [3.8, 4) is 11.5 Å². The molecule has 0 saturated carbocycles. The zero-order valence-corrected chi connectivity index (χ0v) is 14.4. The summed E-state index contributed by atoms with van der Waals surface area (Å²) < 4.78 is 10.4. The van der Waals surface area contributed by atoms with Crippen LogP contribution >= 0.6 is 23.2 Å². The fourth-order valence-corrected chi connectivity index (χ4v) is 2.61. The third-order valence-electron chi connectivity index (χ3n) is 3.30. The zero-order valence-electron chi connectivity index (χ0n) is 12.9. The van der Waals surface area contributed by atoms with E-state index in [0.717, 1.165) is 5.56 Å². The van der Waals surface area contributed by atoms with E-state index in [0.29, 0.717) is 40.1 Å². The van der Waals surface area contributed by atoms with Gasteiger partial charge in [0.2, 0.25) is 5.91 Å². The van der Waals surface area contributed by atoms with Gasteiger partial charge in [-0.1, -0.05) is 29.3 Å². The molecular formula is C17H17Cl2NO3. The standard InChI is InChI=1S/C17H17Cl2NO3/c1-22-15-7-6-13(10-16(15)23-2)20-17(21)8-4-11-3-5-12(18)9-14(11)19/h3,5-7,9-10H,4,8H2,1-2H3,(H,20,21). The molecule has 0 aliphatic rings. The fourth-order valence-electron chi connectivity index (χ4n) is 2.11. The van der Waals surface area contributed by atoms with E-state index < -0.39 is 0 Å². The van der Waals surface area contributed by atoms with E-state index in [1.165, 1.54) is 0 Å². The largest absolute Gasteiger partial charge is 0.493 e. The molecule has 0 saturated heterocycles. The molecule has 0 unspecified atom stereocenters. The van der Waals surface area contributed by atoms with Crippen LogP contribution in [0, 0.1) is 0 Å². The number of amides is 1. The van der Waals surface area contributed by atoms with Crippen molar-refractivity contribution in [2.24, 2.45) is 0 Å². The number of benzene rings is 2. The molecule has 2 aromatic carbocycles. The second-order valence-electron chi connectivity index (χ2n) is 4.85. The lowest BCUT2D eigenvalue weighted by molar-refractivity contribution is -0.116. The van der Waals surface area contributed by atoms with Crippen LogP contribution < -0.4 is 14.8 Å². The average Bonchev–Trinajstić information content (AvgIpc) is 2.54. The van der Waals surface area contributed by atoms with Gasteiger partial charge in [-0.25, -0.2) is 0 Å². The molecule has 1 amide bonds. The summed E-state index contributed by atoms with van der Waals surface area (Å²) in [5.41, 5.74) is 1.54. The summed E-state index contributed by atoms with van der Waals surface area (Å²) in [6.07, 6.45) is 0.852. The Balaban J connectivity index is 1.97. The number of carbonyl (C=O) groups excluding carboxylic acids is 1. The Kier molecular flexibility index (Phi) is 6.13. The summed E-state index contributed by atoms with van der Waals surface area (Å²) in [5.74, 6) is 1.06. The maximum Gasteiger partial charge on any atom is 0.224 e. The minimum absolute atomic E-state index is 0.108. The van der Waals surface area contributed by atoms with Gasteiger partial charge in [0.25, 0.3) is 0 Å². The summed E-state index contributed by atoms with van der Waals surface area (Å²) in [5, 5.41) is 3.97. The van der Waals surface area contributed by atoms with Crippen LogP contribution in [-0.4, -0.2) is 20.1 Å². The van der Waals surface area contributed by atoms with E-state index in [-0.39, 0.29) is 5.91 Å². The van der Waals surface area contributed by atoms with Gasteiger partial charge in [-0.15, -0.1) is 0 Å². The van der Waals surface area contributed by atoms with Crippen molar-refractivity contribution in [2.75, 3.05) is 19.5 Å². The minimum Gasteiger partial charge on any atom is -0.493 e. The molecule has 0 spiro atoms. The van der Waals surface area contributed by atoms with Gasteiger partial charge in [0, 0.05) is 28.2 Å². The average molecular weight is 354 g/mol. The second kappa shape index (κ2) is 8.09. The van der Waals surface area contributed by atoms with Crippen LogP contribution in [0.15, 0.2) is 36.4 Å². The van der Waals surface area contributed by atoms with Crippen molar-refractivity contribution in [1.82, 2.24) is 0 Å². The predicted molar refractivity (Wildman–Crippen MR) is 93.0 cm³/mol. The normalized spacial score (nSPS) is 10.3. The number of hydrogen-bond acceptors (Lipinski definition) is 3. The number of halogens is 2. The SMILES string of the molecule is COc1ccc(NC(=O)CCc2ccc(Cl)cc2Cl)cc1OC. The number of hydrogen-bond donors (Lipinski definition) is 1. The molecule has 23 heavy (non-hydrogen) atoms. The van der Waals surface area contributed by atoms with Crippen LogP contribution in [0.3, 0.4) is 0 Å². The van der Waals surface area contributed by atoms with Crippen LogP contribution in [0.4, 0.5) is 5.69 Å². The van der Waals surface area contributed by atoms with Gasteiger partial charge < -0.3 is 14.8 Å². The van der Waals surface area contributed by atoms with Crippen molar-refractivity contribution < 1.29 is 14.3 Å². The molecule has 0 radical (unpaired) electrons. The molecule has 0 bridgehead atoms. The van der Waals surface area contributed by atoms with E-state index in [2.05, 4.69) is 5.32 Å². The van der Waals surface area contributed by atoms with Gasteiger partial charge in [-0.05, 0) is 36.2 Å². The molecule has 0 aromatic heterocycles. The highest BCUT2D eigenvalue weighted by Gasteiger charge is 2.09. The van der Waals surface area contributed by atoms with E-state index in [4.69, 9.17) is 32.7 Å². The van der Waals surface area contributed by atoms with Gasteiger partial charge in [-0.2, -0.15) is 0 Å². The Hall–Kier alpha value is -1.91. The first-order chi connectivity index (χ1) is 11.0. The number of rotatable bonds is 6. The second-order valence-corrected chi connectivity index (χ2v) is 5.70. The number of anilines is 1. The van der Waals surface area contributed by atoms with Crippen LogP contribution in [0.5, 0.6) is 11.5 Å². The first-order valence-corrected chi connectivity index (χ1v) is 7.75. The van der Waals surface area contributed by atoms with Crippen LogP contribution in [-0.2, 0) is 11.2 Å². The van der Waals surface area contributed by atoms with E-state index >= 15 is 0 Å². The molecule has 122 valence electrons. The third kappa shape index (κ3) is 4.78. The third-order valence-corrected chi connectivity index (χ3v) is 3.89. The minimum atomic E-state index is -0.108. The number of carbonyl (C=O) groups is 1. The highest BCUT2D eigenvalue weighted by molar-refractivity contribution is 6.35. The molecule has 0 heterocycles. The Morgan fingerprint density at radius 2 is 1.78 bits per heavy atom. The van der Waals surface area contributed by atoms with Gasteiger partial charge in [-0.3, -0.25) is 4.79 Å². The molecule has 0 atom stereocenters. The Morgan fingerprint density at radius 1 is 1.04 bits per heavy atom. The van der Waals surface area contributed by atoms with E-state index in [9.17, 15) is 4.79 Å². The van der Waals surface area contributed by atoms with Crippen molar-refractivity contribution in [2.45, 2.75) is 12.8 Å². The number of methoxy groups -OCH3 is 2. The molecule has 0 aliphatic carbocycles. The molecule has 2 rings (SSSR count). The highest BCUT2D eigenvalue weighted by Crippen LogP contribution is 2.30. The molecule has 0 aliphatic heterocycles. The predicted octanol–water partition coefficient (Wildman–Crippen LogP) is 4.58. The van der Waals surface area contributed by atoms with Crippen molar-refractivity contribution >= 4 is 34.8 Å². The number of aryl methyl sites for hydroxylation is 1. The van der Waals surface area contributed by atoms with Crippen LogP contribution in [0.1, 0.15) is 12.0 Å². The van der Waals surface area contributed by atoms with E-state index in [1.807, 2.05) is 6.07 Å². The van der Waals surface area contributed by atoms with Crippen molar-refractivity contribution in [3.05, 3.63) is 52.0 Å². The molecule has 2 aromatic rings. The molecule has 0 fully saturated rings. The number of nitrogens with one attached hydrogen (secondary N) is 1. The van der Waals surface area contributed by atoms with Crippen molar-refractivity contribution in [1.29, 1.82) is 0 Å². The Bertz CT molecular complexity index is 704. The van der Waals surface area contributed by atoms with Gasteiger partial charge in [0.1, 0.15) is 0 Å². The maximum atomic E-state index is 12.1. The first-order valence-electron chi connectivity index (χ1n) is 6.99. The summed E-state index contributed by atoms with van der Waals surface area (Å²) in [7, 11) is 3.11. The summed E-state index contributed by atoms with van der Waals surface area (Å²) >= 11 is 12.0. The quantitative estimate of drug-likeness (QED) is 0.826. The Labute approximate surface area is 145 Å². The lowest BCUT2D eigenvalue weighted by Crippen LogP contribution is -2.12. The van der Waals surface area contributed by atoms with E-state index in [1.54, 1.807) is 44.6 Å². The zero-order chi connectivity index (χ0) is 16.8. The molecular weight excluding hydrogens is 337 g/mol.